The molecule has 74 valence electrons. The molecule has 0 aromatic heterocycles. The Hall–Kier alpha value is -0.0800. The van der Waals surface area contributed by atoms with E-state index in [-0.39, 0.29) is 0 Å². The van der Waals surface area contributed by atoms with Gasteiger partial charge in [-0.2, -0.15) is 0 Å². The minimum atomic E-state index is 0.637. The molecule has 0 aliphatic heterocycles. The molecule has 0 saturated heterocycles. The minimum Gasteiger partial charge on any atom is -0.317 e. The topological polar surface area (TPSA) is 15.3 Å². The van der Waals surface area contributed by atoms with Crippen molar-refractivity contribution in [3.8, 4) is 0 Å². The van der Waals surface area contributed by atoms with E-state index in [0.717, 1.165) is 6.54 Å². The summed E-state index contributed by atoms with van der Waals surface area (Å²) in [5.41, 5.74) is 0. The Bertz CT molecular complexity index is 102. The third-order valence-corrected chi connectivity index (χ3v) is 2.48. The summed E-state index contributed by atoms with van der Waals surface area (Å²) >= 11 is 0. The molecular weight excluding hydrogens is 148 g/mol. The van der Waals surface area contributed by atoms with E-state index < -0.39 is 0 Å². The van der Waals surface area contributed by atoms with Crippen LogP contribution in [0.1, 0.15) is 34.1 Å². The van der Waals surface area contributed by atoms with Crippen LogP contribution in [0.2, 0.25) is 0 Å². The number of hydrogen-bond acceptors (Lipinski definition) is 2. The van der Waals surface area contributed by atoms with Crippen LogP contribution in [-0.4, -0.2) is 37.1 Å². The van der Waals surface area contributed by atoms with Gasteiger partial charge in [-0.15, -0.1) is 0 Å². The first-order valence-electron chi connectivity index (χ1n) is 5.03. The fourth-order valence-electron chi connectivity index (χ4n) is 1.29. The van der Waals surface area contributed by atoms with Crippen LogP contribution in [0.4, 0.5) is 0 Å². The molecule has 12 heavy (non-hydrogen) atoms. The van der Waals surface area contributed by atoms with Gasteiger partial charge in [0.1, 0.15) is 0 Å². The Labute approximate surface area is 77.3 Å². The zero-order chi connectivity index (χ0) is 9.56. The van der Waals surface area contributed by atoms with Crippen molar-refractivity contribution in [3.05, 3.63) is 0 Å². The Morgan fingerprint density at radius 2 is 1.83 bits per heavy atom. The molecule has 0 radical (unpaired) electrons. The lowest BCUT2D eigenvalue weighted by Gasteiger charge is -2.25. The van der Waals surface area contributed by atoms with E-state index in [4.69, 9.17) is 0 Å². The SMILES string of the molecule is CCN(CCC(C)NC)C(C)C. The fourth-order valence-corrected chi connectivity index (χ4v) is 1.29. The van der Waals surface area contributed by atoms with E-state index in [0.29, 0.717) is 12.1 Å². The molecule has 0 aromatic rings. The largest absolute Gasteiger partial charge is 0.317 e. The molecule has 2 heteroatoms. The molecule has 0 aliphatic carbocycles. The highest BCUT2D eigenvalue weighted by Crippen LogP contribution is 2.00. The van der Waals surface area contributed by atoms with Crippen LogP contribution in [-0.2, 0) is 0 Å². The number of nitrogens with zero attached hydrogens (tertiary/aromatic N) is 1. The van der Waals surface area contributed by atoms with Crippen LogP contribution in [0.5, 0.6) is 0 Å². The lowest BCUT2D eigenvalue weighted by molar-refractivity contribution is 0.223. The lowest BCUT2D eigenvalue weighted by atomic mass is 10.2. The van der Waals surface area contributed by atoms with Gasteiger partial charge < -0.3 is 10.2 Å². The summed E-state index contributed by atoms with van der Waals surface area (Å²) < 4.78 is 0. The molecule has 0 bridgehead atoms. The standard InChI is InChI=1S/C10H24N2/c1-6-12(9(2)3)8-7-10(4)11-5/h9-11H,6-8H2,1-5H3. The van der Waals surface area contributed by atoms with E-state index in [2.05, 4.69) is 37.9 Å². The minimum absolute atomic E-state index is 0.637. The zero-order valence-corrected chi connectivity index (χ0v) is 9.22. The van der Waals surface area contributed by atoms with Gasteiger partial charge in [0, 0.05) is 12.1 Å². The molecule has 1 atom stereocenters. The van der Waals surface area contributed by atoms with E-state index in [9.17, 15) is 0 Å². The first-order chi connectivity index (χ1) is 5.61. The fraction of sp³-hybridized carbons (Fsp3) is 1.00. The van der Waals surface area contributed by atoms with Crippen LogP contribution in [0, 0.1) is 0 Å². The Kier molecular flexibility index (Phi) is 6.39. The highest BCUT2D eigenvalue weighted by molar-refractivity contribution is 4.65. The molecule has 0 rings (SSSR count). The molecule has 0 amide bonds. The van der Waals surface area contributed by atoms with Crippen LogP contribution < -0.4 is 5.32 Å². The lowest BCUT2D eigenvalue weighted by Crippen LogP contribution is -2.35. The molecule has 0 spiro atoms. The highest BCUT2D eigenvalue weighted by atomic mass is 15.1. The van der Waals surface area contributed by atoms with Gasteiger partial charge in [-0.05, 0) is 47.3 Å². The average Bonchev–Trinajstić information content (AvgIpc) is 2.04. The van der Waals surface area contributed by atoms with Crippen molar-refractivity contribution in [3.63, 3.8) is 0 Å². The maximum Gasteiger partial charge on any atom is 0.00479 e. The molecule has 1 unspecified atom stereocenters. The van der Waals surface area contributed by atoms with Gasteiger partial charge in [-0.1, -0.05) is 6.92 Å². The van der Waals surface area contributed by atoms with Gasteiger partial charge in [-0.25, -0.2) is 0 Å². The molecular formula is C10H24N2. The highest BCUT2D eigenvalue weighted by Gasteiger charge is 2.07. The third-order valence-electron chi connectivity index (χ3n) is 2.48. The third kappa shape index (κ3) is 4.73. The van der Waals surface area contributed by atoms with Crippen molar-refractivity contribution in [2.24, 2.45) is 0 Å². The zero-order valence-electron chi connectivity index (χ0n) is 9.22. The van der Waals surface area contributed by atoms with Crippen molar-refractivity contribution in [1.29, 1.82) is 0 Å². The smallest absolute Gasteiger partial charge is 0.00479 e. The van der Waals surface area contributed by atoms with E-state index in [1.165, 1.54) is 13.0 Å². The summed E-state index contributed by atoms with van der Waals surface area (Å²) in [6, 6.07) is 1.32. The number of rotatable bonds is 6. The first kappa shape index (κ1) is 11.9. The van der Waals surface area contributed by atoms with Crippen molar-refractivity contribution < 1.29 is 0 Å². The summed E-state index contributed by atoms with van der Waals surface area (Å²) in [6.45, 7) is 11.3. The Morgan fingerprint density at radius 3 is 2.17 bits per heavy atom. The normalized spacial score (nSPS) is 14.2. The summed E-state index contributed by atoms with van der Waals surface area (Å²) in [6.07, 6.45) is 1.24. The molecule has 0 saturated carbocycles. The van der Waals surface area contributed by atoms with Gasteiger partial charge in [0.2, 0.25) is 0 Å². The molecule has 0 fully saturated rings. The Morgan fingerprint density at radius 1 is 1.25 bits per heavy atom. The molecule has 0 aromatic carbocycles. The predicted molar refractivity (Wildman–Crippen MR) is 55.5 cm³/mol. The quantitative estimate of drug-likeness (QED) is 0.656. The summed E-state index contributed by atoms with van der Waals surface area (Å²) in [5, 5.41) is 3.26. The van der Waals surface area contributed by atoms with E-state index >= 15 is 0 Å². The second-order valence-corrected chi connectivity index (χ2v) is 3.70. The van der Waals surface area contributed by atoms with E-state index in [1.54, 1.807) is 0 Å². The van der Waals surface area contributed by atoms with Crippen molar-refractivity contribution in [2.75, 3.05) is 20.1 Å². The number of hydrogen-bond donors (Lipinski definition) is 1. The summed E-state index contributed by atoms with van der Waals surface area (Å²) in [7, 11) is 2.02. The molecule has 0 aliphatic rings. The van der Waals surface area contributed by atoms with Crippen LogP contribution in [0.3, 0.4) is 0 Å². The predicted octanol–water partition coefficient (Wildman–Crippen LogP) is 1.71. The summed E-state index contributed by atoms with van der Waals surface area (Å²) in [5.74, 6) is 0. The van der Waals surface area contributed by atoms with E-state index in [1.807, 2.05) is 7.05 Å². The first-order valence-corrected chi connectivity index (χ1v) is 5.03. The molecule has 0 heterocycles. The maximum absolute atomic E-state index is 3.26. The number of nitrogens with one attached hydrogen (secondary N) is 1. The van der Waals surface area contributed by atoms with Gasteiger partial charge in [0.25, 0.3) is 0 Å². The Balaban J connectivity index is 3.58. The van der Waals surface area contributed by atoms with Crippen molar-refractivity contribution >= 4 is 0 Å². The van der Waals surface area contributed by atoms with Gasteiger partial charge in [-0.3, -0.25) is 0 Å². The molecule has 2 nitrogen and oxygen atoms in total. The van der Waals surface area contributed by atoms with Crippen molar-refractivity contribution in [1.82, 2.24) is 10.2 Å². The van der Waals surface area contributed by atoms with Crippen LogP contribution >= 0.6 is 0 Å². The second-order valence-electron chi connectivity index (χ2n) is 3.70. The van der Waals surface area contributed by atoms with Crippen LogP contribution in [0.25, 0.3) is 0 Å². The van der Waals surface area contributed by atoms with Gasteiger partial charge >= 0.3 is 0 Å². The van der Waals surface area contributed by atoms with Crippen LogP contribution in [0.15, 0.2) is 0 Å². The average molecular weight is 172 g/mol. The van der Waals surface area contributed by atoms with Gasteiger partial charge in [0.15, 0.2) is 0 Å². The maximum atomic E-state index is 3.26. The van der Waals surface area contributed by atoms with Gasteiger partial charge in [0.05, 0.1) is 0 Å². The second kappa shape index (κ2) is 6.44. The monoisotopic (exact) mass is 172 g/mol. The summed E-state index contributed by atoms with van der Waals surface area (Å²) in [4.78, 5) is 2.49. The molecule has 1 N–H and O–H groups in total. The van der Waals surface area contributed by atoms with Crippen molar-refractivity contribution in [2.45, 2.75) is 46.2 Å².